The Hall–Kier alpha value is -0.460. The Bertz CT molecular complexity index is 368. The van der Waals surface area contributed by atoms with Gasteiger partial charge >= 0.3 is 0 Å². The maximum Gasteiger partial charge on any atom is 0.238 e. The largest absolute Gasteiger partial charge is 0.368 e. The average molecular weight is 269 g/mol. The highest BCUT2D eigenvalue weighted by molar-refractivity contribution is 7.46. The molecule has 0 spiro atoms. The SMILES string of the molecule is [C-]#[N+]CCOP(C)OC1C2COC1(CC)C(=C)C2. The second-order valence-corrected chi connectivity index (χ2v) is 6.15. The maximum atomic E-state index is 6.71. The van der Waals surface area contributed by atoms with Crippen molar-refractivity contribution in [2.24, 2.45) is 5.92 Å². The van der Waals surface area contributed by atoms with E-state index in [2.05, 4.69) is 18.3 Å². The van der Waals surface area contributed by atoms with Gasteiger partial charge in [-0.05, 0) is 18.4 Å². The molecule has 0 N–H and O–H groups in total. The number of hydrogen-bond acceptors (Lipinski definition) is 3. The van der Waals surface area contributed by atoms with Gasteiger partial charge in [-0.25, -0.2) is 6.57 Å². The van der Waals surface area contributed by atoms with E-state index < -0.39 is 8.38 Å². The maximum absolute atomic E-state index is 6.71. The van der Waals surface area contributed by atoms with E-state index in [-0.39, 0.29) is 11.7 Å². The van der Waals surface area contributed by atoms with Gasteiger partial charge in [0.15, 0.2) is 8.38 Å². The van der Waals surface area contributed by atoms with E-state index in [9.17, 15) is 0 Å². The van der Waals surface area contributed by atoms with Gasteiger partial charge in [0.05, 0.1) is 6.61 Å². The second-order valence-electron chi connectivity index (χ2n) is 4.80. The number of nitrogens with zero attached hydrogens (tertiary/aromatic N) is 1. The summed E-state index contributed by atoms with van der Waals surface area (Å²) in [5.74, 6) is 0.423. The molecule has 2 bridgehead atoms. The molecule has 0 aromatic carbocycles. The third-order valence-corrected chi connectivity index (χ3v) is 4.88. The summed E-state index contributed by atoms with van der Waals surface area (Å²) in [5.41, 5.74) is 0.876. The first-order valence-electron chi connectivity index (χ1n) is 6.33. The lowest BCUT2D eigenvalue weighted by Crippen LogP contribution is -2.38. The van der Waals surface area contributed by atoms with E-state index in [1.54, 1.807) is 0 Å². The Kier molecular flexibility index (Phi) is 4.40. The second kappa shape index (κ2) is 5.67. The van der Waals surface area contributed by atoms with Crippen molar-refractivity contribution < 1.29 is 13.8 Å². The normalized spacial score (nSPS) is 35.7. The molecule has 2 rings (SSSR count). The lowest BCUT2D eigenvalue weighted by Gasteiger charge is -2.32. The molecule has 100 valence electrons. The Balaban J connectivity index is 1.93. The highest BCUT2D eigenvalue weighted by atomic mass is 31.2. The molecule has 0 aromatic rings. The zero-order valence-corrected chi connectivity index (χ0v) is 11.9. The number of rotatable bonds is 6. The van der Waals surface area contributed by atoms with Gasteiger partial charge in [-0.15, -0.1) is 0 Å². The molecule has 1 aliphatic carbocycles. The van der Waals surface area contributed by atoms with Crippen LogP contribution < -0.4 is 0 Å². The molecule has 4 atom stereocenters. The molecule has 4 unspecified atom stereocenters. The molecule has 0 radical (unpaired) electrons. The van der Waals surface area contributed by atoms with Crippen LogP contribution in [0, 0.1) is 12.5 Å². The van der Waals surface area contributed by atoms with Gasteiger partial charge in [0, 0.05) is 12.6 Å². The van der Waals surface area contributed by atoms with Crippen molar-refractivity contribution in [1.29, 1.82) is 0 Å². The smallest absolute Gasteiger partial charge is 0.238 e. The topological polar surface area (TPSA) is 32.0 Å². The van der Waals surface area contributed by atoms with Gasteiger partial charge in [-0.1, -0.05) is 13.5 Å². The lowest BCUT2D eigenvalue weighted by atomic mass is 9.93. The first-order chi connectivity index (χ1) is 8.64. The molecule has 5 heteroatoms. The van der Waals surface area contributed by atoms with Crippen molar-refractivity contribution in [2.75, 3.05) is 26.4 Å². The predicted octanol–water partition coefficient (Wildman–Crippen LogP) is 3.00. The molecule has 1 saturated carbocycles. The average Bonchev–Trinajstić information content (AvgIpc) is 2.81. The van der Waals surface area contributed by atoms with Gasteiger partial charge in [-0.2, -0.15) is 0 Å². The zero-order chi connectivity index (χ0) is 13.2. The third-order valence-electron chi connectivity index (χ3n) is 3.81. The minimum absolute atomic E-state index is 0.0825. The highest BCUT2D eigenvalue weighted by Gasteiger charge is 2.57. The highest BCUT2D eigenvalue weighted by Crippen LogP contribution is 2.54. The van der Waals surface area contributed by atoms with Crippen LogP contribution in [0.3, 0.4) is 0 Å². The fourth-order valence-corrected chi connectivity index (χ4v) is 3.96. The van der Waals surface area contributed by atoms with E-state index >= 15 is 0 Å². The number of fused-ring (bicyclic) bond motifs is 2. The minimum atomic E-state index is -0.937. The van der Waals surface area contributed by atoms with Crippen molar-refractivity contribution >= 4 is 8.38 Å². The van der Waals surface area contributed by atoms with E-state index in [0.717, 1.165) is 25.0 Å². The van der Waals surface area contributed by atoms with Gasteiger partial charge in [0.2, 0.25) is 6.54 Å². The zero-order valence-electron chi connectivity index (χ0n) is 11.0. The molecule has 0 aromatic heterocycles. The molecular weight excluding hydrogens is 249 g/mol. The first-order valence-corrected chi connectivity index (χ1v) is 7.95. The molecule has 1 heterocycles. The molecule has 1 saturated heterocycles. The Morgan fingerprint density at radius 3 is 3.06 bits per heavy atom. The fourth-order valence-electron chi connectivity index (χ4n) is 2.89. The minimum Gasteiger partial charge on any atom is -0.368 e. The molecule has 4 nitrogen and oxygen atoms in total. The summed E-state index contributed by atoms with van der Waals surface area (Å²) in [5, 5.41) is 0. The molecular formula is C13H20NO3P. The van der Waals surface area contributed by atoms with Gasteiger partial charge in [0.25, 0.3) is 0 Å². The van der Waals surface area contributed by atoms with Gasteiger partial charge < -0.3 is 18.6 Å². The lowest BCUT2D eigenvalue weighted by molar-refractivity contribution is -0.0196. The van der Waals surface area contributed by atoms with Crippen LogP contribution >= 0.6 is 8.38 Å². The van der Waals surface area contributed by atoms with Crippen LogP contribution in [0.2, 0.25) is 0 Å². The summed E-state index contributed by atoms with van der Waals surface area (Å²) in [6.07, 6.45) is 1.99. The first kappa shape index (κ1) is 14.0. The van der Waals surface area contributed by atoms with Gasteiger partial charge in [-0.3, -0.25) is 0 Å². The number of hydrogen-bond donors (Lipinski definition) is 0. The van der Waals surface area contributed by atoms with E-state index in [1.165, 1.54) is 0 Å². The van der Waals surface area contributed by atoms with Crippen LogP contribution in [0.25, 0.3) is 4.85 Å². The monoisotopic (exact) mass is 269 g/mol. The van der Waals surface area contributed by atoms with Crippen molar-refractivity contribution in [1.82, 2.24) is 0 Å². The summed E-state index contributed by atoms with van der Waals surface area (Å²) >= 11 is 0. The summed E-state index contributed by atoms with van der Waals surface area (Å²) in [4.78, 5) is 3.26. The Morgan fingerprint density at radius 2 is 2.44 bits per heavy atom. The van der Waals surface area contributed by atoms with E-state index in [1.807, 2.05) is 6.66 Å². The van der Waals surface area contributed by atoms with E-state index in [4.69, 9.17) is 20.4 Å². The van der Waals surface area contributed by atoms with Crippen molar-refractivity contribution in [3.63, 3.8) is 0 Å². The Labute approximate surface area is 110 Å². The summed E-state index contributed by atoms with van der Waals surface area (Å²) < 4.78 is 17.5. The molecule has 2 fully saturated rings. The molecule has 18 heavy (non-hydrogen) atoms. The summed E-state index contributed by atoms with van der Waals surface area (Å²) in [6.45, 7) is 16.5. The van der Waals surface area contributed by atoms with Crippen LogP contribution in [-0.2, 0) is 13.8 Å². The molecule has 2 aliphatic rings. The van der Waals surface area contributed by atoms with Crippen molar-refractivity contribution in [2.45, 2.75) is 31.5 Å². The summed E-state index contributed by atoms with van der Waals surface area (Å²) in [7, 11) is -0.937. The standard InChI is InChI=1S/C13H20NO3P/c1-5-13-10(2)8-11(9-15-13)12(13)17-18(4)16-7-6-14-3/h11-12H,2,5-9H2,1,4H3. The van der Waals surface area contributed by atoms with Crippen LogP contribution in [-0.4, -0.2) is 38.1 Å². The number of ether oxygens (including phenoxy) is 1. The fraction of sp³-hybridized carbons (Fsp3) is 0.769. The third kappa shape index (κ3) is 2.33. The van der Waals surface area contributed by atoms with E-state index in [0.29, 0.717) is 19.1 Å². The molecule has 1 aliphatic heterocycles. The van der Waals surface area contributed by atoms with Crippen LogP contribution in [0.5, 0.6) is 0 Å². The predicted molar refractivity (Wildman–Crippen MR) is 71.4 cm³/mol. The van der Waals surface area contributed by atoms with Crippen LogP contribution in [0.15, 0.2) is 12.2 Å². The quantitative estimate of drug-likeness (QED) is 0.321. The molecule has 0 amide bonds. The van der Waals surface area contributed by atoms with Crippen LogP contribution in [0.1, 0.15) is 19.8 Å². The van der Waals surface area contributed by atoms with Crippen LogP contribution in [0.4, 0.5) is 0 Å². The Morgan fingerprint density at radius 1 is 1.67 bits per heavy atom. The van der Waals surface area contributed by atoms with Gasteiger partial charge in [0.1, 0.15) is 18.3 Å². The van der Waals surface area contributed by atoms with Crippen molar-refractivity contribution in [3.05, 3.63) is 23.6 Å². The van der Waals surface area contributed by atoms with Crippen molar-refractivity contribution in [3.8, 4) is 0 Å². The summed E-state index contributed by atoms with van der Waals surface area (Å²) in [6, 6.07) is 0.